The van der Waals surface area contributed by atoms with Crippen LogP contribution in [0.25, 0.3) is 22.5 Å². The van der Waals surface area contributed by atoms with Crippen molar-refractivity contribution in [2.45, 2.75) is 9.79 Å². The Hall–Kier alpha value is -2.29. The summed E-state index contributed by atoms with van der Waals surface area (Å²) in [6, 6.07) is 14.3. The molecule has 3 aromatic rings. The van der Waals surface area contributed by atoms with Gasteiger partial charge in [-0.05, 0) is 41.9 Å². The maximum atomic E-state index is 11.8. The van der Waals surface area contributed by atoms with Crippen molar-refractivity contribution in [3.63, 3.8) is 0 Å². The highest BCUT2D eigenvalue weighted by Gasteiger charge is 2.13. The summed E-state index contributed by atoms with van der Waals surface area (Å²) in [6.45, 7) is 0. The van der Waals surface area contributed by atoms with Gasteiger partial charge in [0, 0.05) is 23.6 Å². The molecule has 140 valence electrons. The van der Waals surface area contributed by atoms with Crippen LogP contribution in [-0.4, -0.2) is 39.3 Å². The minimum absolute atomic E-state index is 0.0305. The van der Waals surface area contributed by atoms with E-state index in [0.717, 1.165) is 12.5 Å². The fourth-order valence-electron chi connectivity index (χ4n) is 2.49. The third-order valence-corrected chi connectivity index (χ3v) is 6.20. The zero-order valence-electron chi connectivity index (χ0n) is 14.4. The first-order chi connectivity index (χ1) is 12.5. The zero-order valence-corrected chi connectivity index (χ0v) is 16.8. The summed E-state index contributed by atoms with van der Waals surface area (Å²) in [5.41, 5.74) is 1.98. The van der Waals surface area contributed by atoms with Gasteiger partial charge in [0.1, 0.15) is 0 Å². The lowest BCUT2D eigenvalue weighted by Gasteiger charge is -2.08. The molecule has 1 heterocycles. The average Bonchev–Trinajstić information content (AvgIpc) is 2.60. The normalized spacial score (nSPS) is 12.1. The predicted octanol–water partition coefficient (Wildman–Crippen LogP) is 3.27. The van der Waals surface area contributed by atoms with Crippen molar-refractivity contribution >= 4 is 31.3 Å². The Balaban J connectivity index is 2.14. The molecule has 0 spiro atoms. The SMILES string of the molecule is CS(=O)(=O)c1cccc(-c2cc(-c3cccc(S(C)(=O)=O)c3)nc(Cl)n2)c1. The minimum Gasteiger partial charge on any atom is -0.224 e. The third-order valence-electron chi connectivity index (χ3n) is 3.81. The molecule has 0 saturated carbocycles. The van der Waals surface area contributed by atoms with Crippen molar-refractivity contribution in [1.29, 1.82) is 0 Å². The monoisotopic (exact) mass is 422 g/mol. The molecule has 0 radical (unpaired) electrons. The van der Waals surface area contributed by atoms with Gasteiger partial charge in [-0.2, -0.15) is 0 Å². The van der Waals surface area contributed by atoms with E-state index in [1.165, 1.54) is 24.3 Å². The second-order valence-electron chi connectivity index (χ2n) is 6.01. The van der Waals surface area contributed by atoms with Crippen molar-refractivity contribution < 1.29 is 16.8 Å². The molecule has 1 aromatic heterocycles. The lowest BCUT2D eigenvalue weighted by molar-refractivity contribution is 0.600. The van der Waals surface area contributed by atoms with Crippen LogP contribution >= 0.6 is 11.6 Å². The quantitative estimate of drug-likeness (QED) is 0.599. The number of hydrogen-bond acceptors (Lipinski definition) is 6. The molecule has 0 aliphatic rings. The van der Waals surface area contributed by atoms with E-state index in [1.54, 1.807) is 30.3 Å². The summed E-state index contributed by atoms with van der Waals surface area (Å²) in [5.74, 6) is 0. The number of hydrogen-bond donors (Lipinski definition) is 0. The molecule has 9 heteroatoms. The van der Waals surface area contributed by atoms with Crippen LogP contribution in [0.3, 0.4) is 0 Å². The maximum absolute atomic E-state index is 11.8. The van der Waals surface area contributed by atoms with E-state index in [0.29, 0.717) is 22.5 Å². The van der Waals surface area contributed by atoms with Gasteiger partial charge in [0.15, 0.2) is 19.7 Å². The van der Waals surface area contributed by atoms with Crippen LogP contribution < -0.4 is 0 Å². The second kappa shape index (κ2) is 7.03. The number of sulfone groups is 2. The molecule has 0 fully saturated rings. The summed E-state index contributed by atoms with van der Waals surface area (Å²) in [7, 11) is -6.74. The Bertz CT molecular complexity index is 1150. The number of benzene rings is 2. The second-order valence-corrected chi connectivity index (χ2v) is 10.4. The highest BCUT2D eigenvalue weighted by atomic mass is 35.5. The van der Waals surface area contributed by atoms with Crippen molar-refractivity contribution in [2.75, 3.05) is 12.5 Å². The van der Waals surface area contributed by atoms with Crippen molar-refractivity contribution in [3.8, 4) is 22.5 Å². The standard InChI is InChI=1S/C18H15ClN2O4S2/c1-26(22,23)14-7-3-5-12(9-14)16-11-17(21-18(19)20-16)13-6-4-8-15(10-13)27(2,24)25/h3-11H,1-2H3. The van der Waals surface area contributed by atoms with Crippen LogP contribution in [0.15, 0.2) is 64.4 Å². The van der Waals surface area contributed by atoms with E-state index in [-0.39, 0.29) is 15.1 Å². The molecule has 0 bridgehead atoms. The van der Waals surface area contributed by atoms with Crippen LogP contribution in [0.1, 0.15) is 0 Å². The van der Waals surface area contributed by atoms with Gasteiger partial charge in [0.2, 0.25) is 5.28 Å². The molecule has 0 unspecified atom stereocenters. The highest BCUT2D eigenvalue weighted by molar-refractivity contribution is 7.91. The number of aromatic nitrogens is 2. The van der Waals surface area contributed by atoms with Gasteiger partial charge in [-0.25, -0.2) is 26.8 Å². The van der Waals surface area contributed by atoms with Gasteiger partial charge in [-0.1, -0.05) is 24.3 Å². The minimum atomic E-state index is -3.37. The predicted molar refractivity (Wildman–Crippen MR) is 104 cm³/mol. The Labute approximate surface area is 162 Å². The summed E-state index contributed by atoms with van der Waals surface area (Å²) in [5, 5.41) is -0.0305. The Morgan fingerprint density at radius 1 is 0.704 bits per heavy atom. The Morgan fingerprint density at radius 3 is 1.48 bits per heavy atom. The molecular weight excluding hydrogens is 408 g/mol. The topological polar surface area (TPSA) is 94.1 Å². The van der Waals surface area contributed by atoms with E-state index < -0.39 is 19.7 Å². The van der Waals surface area contributed by atoms with Crippen LogP contribution in [-0.2, 0) is 19.7 Å². The van der Waals surface area contributed by atoms with Gasteiger partial charge in [-0.3, -0.25) is 0 Å². The average molecular weight is 423 g/mol. The first-order valence-corrected chi connectivity index (χ1v) is 11.9. The van der Waals surface area contributed by atoms with Crippen LogP contribution in [0.4, 0.5) is 0 Å². The molecule has 2 aromatic carbocycles. The molecule has 27 heavy (non-hydrogen) atoms. The molecular formula is C18H15ClN2O4S2. The molecule has 0 aliphatic heterocycles. The summed E-state index contributed by atoms with van der Waals surface area (Å²) >= 11 is 6.05. The van der Waals surface area contributed by atoms with E-state index in [4.69, 9.17) is 11.6 Å². The van der Waals surface area contributed by atoms with Crippen molar-refractivity contribution in [1.82, 2.24) is 9.97 Å². The van der Waals surface area contributed by atoms with Gasteiger partial charge in [-0.15, -0.1) is 0 Å². The fourth-order valence-corrected chi connectivity index (χ4v) is 4.00. The van der Waals surface area contributed by atoms with Gasteiger partial charge < -0.3 is 0 Å². The summed E-state index contributed by atoms with van der Waals surface area (Å²) in [4.78, 5) is 8.66. The molecule has 0 saturated heterocycles. The van der Waals surface area contributed by atoms with E-state index in [9.17, 15) is 16.8 Å². The number of nitrogens with zero attached hydrogens (tertiary/aromatic N) is 2. The van der Waals surface area contributed by atoms with E-state index in [1.807, 2.05) is 0 Å². The Kier molecular flexibility index (Phi) is 5.07. The van der Waals surface area contributed by atoms with Gasteiger partial charge in [0.25, 0.3) is 0 Å². The lowest BCUT2D eigenvalue weighted by Crippen LogP contribution is -1.99. The lowest BCUT2D eigenvalue weighted by atomic mass is 10.1. The molecule has 0 amide bonds. The first-order valence-electron chi connectivity index (χ1n) is 7.69. The molecule has 6 nitrogen and oxygen atoms in total. The summed E-state index contributed by atoms with van der Waals surface area (Å²) < 4.78 is 47.2. The van der Waals surface area contributed by atoms with Crippen LogP contribution in [0.2, 0.25) is 5.28 Å². The molecule has 3 rings (SSSR count). The maximum Gasteiger partial charge on any atom is 0.223 e. The van der Waals surface area contributed by atoms with Crippen LogP contribution in [0, 0.1) is 0 Å². The molecule has 0 aliphatic carbocycles. The molecule has 0 atom stereocenters. The fraction of sp³-hybridized carbons (Fsp3) is 0.111. The number of halogens is 1. The first kappa shape index (κ1) is 19.5. The molecule has 0 N–H and O–H groups in total. The van der Waals surface area contributed by atoms with Gasteiger partial charge in [0.05, 0.1) is 21.2 Å². The van der Waals surface area contributed by atoms with E-state index in [2.05, 4.69) is 9.97 Å². The smallest absolute Gasteiger partial charge is 0.223 e. The van der Waals surface area contributed by atoms with Crippen molar-refractivity contribution in [2.24, 2.45) is 0 Å². The highest BCUT2D eigenvalue weighted by Crippen LogP contribution is 2.28. The Morgan fingerprint density at radius 2 is 1.11 bits per heavy atom. The van der Waals surface area contributed by atoms with E-state index >= 15 is 0 Å². The summed E-state index contributed by atoms with van der Waals surface area (Å²) in [6.07, 6.45) is 2.25. The van der Waals surface area contributed by atoms with Gasteiger partial charge >= 0.3 is 0 Å². The largest absolute Gasteiger partial charge is 0.224 e. The number of rotatable bonds is 4. The zero-order chi connectivity index (χ0) is 19.8. The van der Waals surface area contributed by atoms with Crippen molar-refractivity contribution in [3.05, 3.63) is 59.9 Å². The third kappa shape index (κ3) is 4.52. The van der Waals surface area contributed by atoms with Crippen LogP contribution in [0.5, 0.6) is 0 Å².